The molecule has 5 nitrogen and oxygen atoms in total. The zero-order valence-corrected chi connectivity index (χ0v) is 14.1. The average molecular weight is 344 g/mol. The molecule has 0 atom stereocenters. The van der Waals surface area contributed by atoms with Crippen LogP contribution in [0.5, 0.6) is 0 Å². The van der Waals surface area contributed by atoms with Gasteiger partial charge in [-0.05, 0) is 30.3 Å². The zero-order valence-electron chi connectivity index (χ0n) is 13.4. The SMILES string of the molecule is CN(C(=O)CN1CCN(c2cccc(Cl)c2)C1=O)c1ccccc1. The molecule has 1 saturated heterocycles. The van der Waals surface area contributed by atoms with Crippen LogP contribution in [0.25, 0.3) is 0 Å². The van der Waals surface area contributed by atoms with Crippen molar-refractivity contribution in [1.29, 1.82) is 0 Å². The molecule has 3 amide bonds. The molecule has 0 radical (unpaired) electrons. The molecule has 124 valence electrons. The van der Waals surface area contributed by atoms with E-state index in [-0.39, 0.29) is 18.5 Å². The van der Waals surface area contributed by atoms with Crippen molar-refractivity contribution in [2.24, 2.45) is 0 Å². The van der Waals surface area contributed by atoms with Gasteiger partial charge in [-0.1, -0.05) is 35.9 Å². The predicted octanol–water partition coefficient (Wildman–Crippen LogP) is 3.25. The first-order chi connectivity index (χ1) is 11.6. The van der Waals surface area contributed by atoms with Crippen molar-refractivity contribution in [1.82, 2.24) is 4.90 Å². The molecule has 1 fully saturated rings. The van der Waals surface area contributed by atoms with Crippen molar-refractivity contribution in [3.63, 3.8) is 0 Å². The van der Waals surface area contributed by atoms with Gasteiger partial charge < -0.3 is 9.80 Å². The van der Waals surface area contributed by atoms with E-state index in [4.69, 9.17) is 11.6 Å². The van der Waals surface area contributed by atoms with Crippen LogP contribution in [0, 0.1) is 0 Å². The summed E-state index contributed by atoms with van der Waals surface area (Å²) in [6.07, 6.45) is 0. The Morgan fingerprint density at radius 3 is 2.58 bits per heavy atom. The molecule has 0 saturated carbocycles. The van der Waals surface area contributed by atoms with Crippen LogP contribution in [0.3, 0.4) is 0 Å². The Hall–Kier alpha value is -2.53. The number of hydrogen-bond acceptors (Lipinski definition) is 2. The van der Waals surface area contributed by atoms with Crippen LogP contribution in [0.1, 0.15) is 0 Å². The fourth-order valence-electron chi connectivity index (χ4n) is 2.68. The standard InChI is InChI=1S/C18H18ClN3O2/c1-20(15-7-3-2-4-8-15)17(23)13-21-10-11-22(18(21)24)16-9-5-6-14(19)12-16/h2-9,12H,10-11,13H2,1H3. The highest BCUT2D eigenvalue weighted by Crippen LogP contribution is 2.23. The largest absolute Gasteiger partial charge is 0.325 e. The maximum absolute atomic E-state index is 12.5. The molecular weight excluding hydrogens is 326 g/mol. The highest BCUT2D eigenvalue weighted by molar-refractivity contribution is 6.30. The van der Waals surface area contributed by atoms with Gasteiger partial charge in [-0.2, -0.15) is 0 Å². The first kappa shape index (κ1) is 16.3. The number of urea groups is 1. The van der Waals surface area contributed by atoms with Gasteiger partial charge in [0.25, 0.3) is 0 Å². The molecule has 24 heavy (non-hydrogen) atoms. The van der Waals surface area contributed by atoms with Gasteiger partial charge in [0.1, 0.15) is 6.54 Å². The Labute approximate surface area is 146 Å². The number of carbonyl (C=O) groups excluding carboxylic acids is 2. The topological polar surface area (TPSA) is 43.9 Å². The lowest BCUT2D eigenvalue weighted by Crippen LogP contribution is -2.40. The molecule has 0 aliphatic carbocycles. The summed E-state index contributed by atoms with van der Waals surface area (Å²) >= 11 is 5.99. The van der Waals surface area contributed by atoms with E-state index in [9.17, 15) is 9.59 Å². The number of nitrogens with zero attached hydrogens (tertiary/aromatic N) is 3. The zero-order chi connectivity index (χ0) is 17.1. The lowest BCUT2D eigenvalue weighted by molar-refractivity contribution is -0.118. The highest BCUT2D eigenvalue weighted by atomic mass is 35.5. The summed E-state index contributed by atoms with van der Waals surface area (Å²) in [5, 5.41) is 0.582. The maximum atomic E-state index is 12.5. The number of halogens is 1. The lowest BCUT2D eigenvalue weighted by Gasteiger charge is -2.22. The summed E-state index contributed by atoms with van der Waals surface area (Å²) in [4.78, 5) is 29.7. The number of carbonyl (C=O) groups is 2. The third-order valence-electron chi connectivity index (χ3n) is 4.06. The summed E-state index contributed by atoms with van der Waals surface area (Å²) in [5.74, 6) is -0.123. The number of benzene rings is 2. The van der Waals surface area contributed by atoms with Crippen molar-refractivity contribution in [3.05, 3.63) is 59.6 Å². The summed E-state index contributed by atoms with van der Waals surface area (Å²) in [5.41, 5.74) is 1.56. The van der Waals surface area contributed by atoms with Gasteiger partial charge in [0.05, 0.1) is 0 Å². The Morgan fingerprint density at radius 1 is 1.12 bits per heavy atom. The normalized spacial score (nSPS) is 14.2. The van der Waals surface area contributed by atoms with Crippen LogP contribution in [0.4, 0.5) is 16.2 Å². The predicted molar refractivity (Wildman–Crippen MR) is 95.6 cm³/mol. The molecule has 0 aromatic heterocycles. The van der Waals surface area contributed by atoms with Gasteiger partial charge in [0, 0.05) is 36.5 Å². The van der Waals surface area contributed by atoms with Crippen LogP contribution in [-0.4, -0.2) is 43.5 Å². The first-order valence-corrected chi connectivity index (χ1v) is 8.07. The van der Waals surface area contributed by atoms with Crippen LogP contribution in [0.15, 0.2) is 54.6 Å². The second-order valence-corrected chi connectivity index (χ2v) is 6.06. The minimum Gasteiger partial charge on any atom is -0.314 e. The number of likely N-dealkylation sites (N-methyl/N-ethyl adjacent to an activating group) is 1. The summed E-state index contributed by atoms with van der Waals surface area (Å²) < 4.78 is 0. The molecule has 1 aliphatic heterocycles. The Morgan fingerprint density at radius 2 is 1.88 bits per heavy atom. The van der Waals surface area contributed by atoms with Crippen LogP contribution in [0.2, 0.25) is 5.02 Å². The van der Waals surface area contributed by atoms with E-state index >= 15 is 0 Å². The van der Waals surface area contributed by atoms with Crippen molar-refractivity contribution >= 4 is 34.9 Å². The van der Waals surface area contributed by atoms with Crippen molar-refractivity contribution in [2.45, 2.75) is 0 Å². The van der Waals surface area contributed by atoms with Crippen molar-refractivity contribution in [3.8, 4) is 0 Å². The maximum Gasteiger partial charge on any atom is 0.325 e. The smallest absolute Gasteiger partial charge is 0.314 e. The molecule has 6 heteroatoms. The molecular formula is C18H18ClN3O2. The van der Waals surface area contributed by atoms with Gasteiger partial charge in [0.2, 0.25) is 5.91 Å². The van der Waals surface area contributed by atoms with Gasteiger partial charge in [-0.15, -0.1) is 0 Å². The fourth-order valence-corrected chi connectivity index (χ4v) is 2.86. The van der Waals surface area contributed by atoms with Gasteiger partial charge in [-0.3, -0.25) is 9.69 Å². The minimum atomic E-state index is -0.174. The van der Waals surface area contributed by atoms with E-state index in [0.29, 0.717) is 18.1 Å². The van der Waals surface area contributed by atoms with Crippen LogP contribution < -0.4 is 9.80 Å². The number of rotatable bonds is 4. The van der Waals surface area contributed by atoms with E-state index in [2.05, 4.69) is 0 Å². The van der Waals surface area contributed by atoms with Crippen LogP contribution in [-0.2, 0) is 4.79 Å². The first-order valence-electron chi connectivity index (χ1n) is 7.70. The molecule has 0 N–H and O–H groups in total. The molecule has 2 aromatic rings. The summed E-state index contributed by atoms with van der Waals surface area (Å²) in [6.45, 7) is 1.11. The third kappa shape index (κ3) is 3.36. The second kappa shape index (κ2) is 6.93. The third-order valence-corrected chi connectivity index (χ3v) is 4.29. The summed E-state index contributed by atoms with van der Waals surface area (Å²) in [6, 6.07) is 16.4. The van der Waals surface area contributed by atoms with Crippen molar-refractivity contribution < 1.29 is 9.59 Å². The van der Waals surface area contributed by atoms with Gasteiger partial charge in [-0.25, -0.2) is 4.79 Å². The Bertz CT molecular complexity index is 751. The van der Waals surface area contributed by atoms with E-state index in [1.807, 2.05) is 42.5 Å². The number of para-hydroxylation sites is 1. The Balaban J connectivity index is 1.66. The molecule has 2 aromatic carbocycles. The van der Waals surface area contributed by atoms with E-state index < -0.39 is 0 Å². The Kier molecular flexibility index (Phi) is 4.71. The van der Waals surface area contributed by atoms with Crippen LogP contribution >= 0.6 is 11.6 Å². The van der Waals surface area contributed by atoms with E-state index in [1.54, 1.807) is 33.9 Å². The summed E-state index contributed by atoms with van der Waals surface area (Å²) in [7, 11) is 1.72. The molecule has 3 rings (SSSR count). The van der Waals surface area contributed by atoms with Gasteiger partial charge >= 0.3 is 6.03 Å². The molecule has 0 unspecified atom stereocenters. The molecule has 0 spiro atoms. The molecule has 1 heterocycles. The monoisotopic (exact) mass is 343 g/mol. The lowest BCUT2D eigenvalue weighted by atomic mass is 10.3. The quantitative estimate of drug-likeness (QED) is 0.855. The number of hydrogen-bond donors (Lipinski definition) is 0. The van der Waals surface area contributed by atoms with Crippen molar-refractivity contribution in [2.75, 3.05) is 36.5 Å². The number of anilines is 2. The molecule has 1 aliphatic rings. The highest BCUT2D eigenvalue weighted by Gasteiger charge is 2.31. The number of amides is 3. The van der Waals surface area contributed by atoms with Gasteiger partial charge in [0.15, 0.2) is 0 Å². The molecule has 0 bridgehead atoms. The fraction of sp³-hybridized carbons (Fsp3) is 0.222. The minimum absolute atomic E-state index is 0.0568. The van der Waals surface area contributed by atoms with E-state index in [0.717, 1.165) is 11.4 Å². The average Bonchev–Trinajstić information content (AvgIpc) is 2.95. The van der Waals surface area contributed by atoms with E-state index in [1.165, 1.54) is 0 Å². The second-order valence-electron chi connectivity index (χ2n) is 5.62.